The molecule has 0 saturated carbocycles. The summed E-state index contributed by atoms with van der Waals surface area (Å²) >= 11 is 1.67. The SMILES string of the molecule is COCCCN(Cc1nc2sc3c(c2c(=O)[nH]1)CCCC3)CC(O)COCC(C)C. The van der Waals surface area contributed by atoms with E-state index >= 15 is 0 Å². The zero-order valence-electron chi connectivity index (χ0n) is 18.4. The van der Waals surface area contributed by atoms with Crippen molar-refractivity contribution in [2.24, 2.45) is 5.92 Å². The normalized spacial score (nSPS) is 15.3. The Morgan fingerprint density at radius 1 is 1.27 bits per heavy atom. The zero-order chi connectivity index (χ0) is 21.5. The number of methoxy groups -OCH3 is 1. The first-order chi connectivity index (χ1) is 14.5. The molecule has 2 heterocycles. The minimum Gasteiger partial charge on any atom is -0.389 e. The third-order valence-electron chi connectivity index (χ3n) is 5.30. The van der Waals surface area contributed by atoms with Crippen LogP contribution >= 0.6 is 11.3 Å². The molecule has 0 fully saturated rings. The Kier molecular flexibility index (Phi) is 8.83. The van der Waals surface area contributed by atoms with Crippen LogP contribution in [-0.4, -0.2) is 66.1 Å². The van der Waals surface area contributed by atoms with E-state index in [-0.39, 0.29) is 5.56 Å². The average molecular weight is 438 g/mol. The highest BCUT2D eigenvalue weighted by Crippen LogP contribution is 2.33. The Morgan fingerprint density at radius 2 is 2.07 bits per heavy atom. The van der Waals surface area contributed by atoms with Crippen LogP contribution in [0.2, 0.25) is 0 Å². The third kappa shape index (κ3) is 6.34. The lowest BCUT2D eigenvalue weighted by molar-refractivity contribution is 0.00544. The lowest BCUT2D eigenvalue weighted by atomic mass is 9.97. The highest BCUT2D eigenvalue weighted by molar-refractivity contribution is 7.18. The van der Waals surface area contributed by atoms with E-state index < -0.39 is 6.10 Å². The number of hydrogen-bond acceptors (Lipinski definition) is 7. The lowest BCUT2D eigenvalue weighted by Crippen LogP contribution is -2.36. The van der Waals surface area contributed by atoms with E-state index in [1.54, 1.807) is 18.4 Å². The fraction of sp³-hybridized carbons (Fsp3) is 0.727. The molecule has 8 heteroatoms. The molecule has 0 saturated heterocycles. The molecule has 1 unspecified atom stereocenters. The van der Waals surface area contributed by atoms with Gasteiger partial charge in [-0.3, -0.25) is 9.69 Å². The van der Waals surface area contributed by atoms with Crippen LogP contribution in [0.3, 0.4) is 0 Å². The molecule has 0 bridgehead atoms. The number of fused-ring (bicyclic) bond motifs is 3. The Labute approximate surface area is 182 Å². The summed E-state index contributed by atoms with van der Waals surface area (Å²) in [5, 5.41) is 11.2. The van der Waals surface area contributed by atoms with Crippen LogP contribution in [0.5, 0.6) is 0 Å². The standard InChI is InChI=1S/C22H35N3O4S/c1-15(2)13-29-14-16(26)11-25(9-6-10-28-3)12-19-23-21(27)20-17-7-4-5-8-18(17)30-22(20)24-19/h15-16,26H,4-14H2,1-3H3,(H,23,24,27). The molecule has 2 N–H and O–H groups in total. The van der Waals surface area contributed by atoms with Crippen molar-refractivity contribution in [1.82, 2.24) is 14.9 Å². The number of thiophene rings is 1. The van der Waals surface area contributed by atoms with Gasteiger partial charge in [0.1, 0.15) is 10.7 Å². The summed E-state index contributed by atoms with van der Waals surface area (Å²) in [5.74, 6) is 1.09. The van der Waals surface area contributed by atoms with Crippen LogP contribution in [-0.2, 0) is 28.9 Å². The van der Waals surface area contributed by atoms with Crippen molar-refractivity contribution in [3.05, 3.63) is 26.6 Å². The van der Waals surface area contributed by atoms with Gasteiger partial charge in [-0.15, -0.1) is 11.3 Å². The molecule has 2 aromatic heterocycles. The minimum atomic E-state index is -0.587. The third-order valence-corrected chi connectivity index (χ3v) is 6.49. The molecule has 3 rings (SSSR count). The Hall–Kier alpha value is -1.32. The van der Waals surface area contributed by atoms with Crippen LogP contribution in [0.4, 0.5) is 0 Å². The van der Waals surface area contributed by atoms with Gasteiger partial charge in [-0.1, -0.05) is 13.8 Å². The predicted octanol–water partition coefficient (Wildman–Crippen LogP) is 2.74. The van der Waals surface area contributed by atoms with Gasteiger partial charge in [0.25, 0.3) is 5.56 Å². The van der Waals surface area contributed by atoms with Crippen LogP contribution in [0.15, 0.2) is 4.79 Å². The van der Waals surface area contributed by atoms with Crippen LogP contribution in [0.1, 0.15) is 49.4 Å². The number of hydrogen-bond donors (Lipinski definition) is 2. The number of nitrogens with zero attached hydrogens (tertiary/aromatic N) is 2. The van der Waals surface area contributed by atoms with Gasteiger partial charge in [-0.05, 0) is 43.6 Å². The lowest BCUT2D eigenvalue weighted by Gasteiger charge is -2.24. The van der Waals surface area contributed by atoms with Crippen LogP contribution in [0, 0.1) is 5.92 Å². The van der Waals surface area contributed by atoms with E-state index in [0.717, 1.165) is 42.4 Å². The Balaban J connectivity index is 1.71. The first-order valence-corrected chi connectivity index (χ1v) is 11.8. The van der Waals surface area contributed by atoms with Crippen molar-refractivity contribution in [3.8, 4) is 0 Å². The van der Waals surface area contributed by atoms with Crippen molar-refractivity contribution in [1.29, 1.82) is 0 Å². The second kappa shape index (κ2) is 11.3. The van der Waals surface area contributed by atoms with E-state index in [9.17, 15) is 9.90 Å². The molecular formula is C22H35N3O4S. The first-order valence-electron chi connectivity index (χ1n) is 11.0. The molecule has 0 amide bonds. The van der Waals surface area contributed by atoms with Gasteiger partial charge in [0, 0.05) is 38.3 Å². The maximum absolute atomic E-state index is 12.8. The van der Waals surface area contributed by atoms with Gasteiger partial charge in [-0.25, -0.2) is 4.98 Å². The topological polar surface area (TPSA) is 87.7 Å². The molecule has 1 atom stereocenters. The molecule has 0 radical (unpaired) electrons. The van der Waals surface area contributed by atoms with Crippen LogP contribution < -0.4 is 5.56 Å². The maximum atomic E-state index is 12.8. The number of ether oxygens (including phenoxy) is 2. The van der Waals surface area contributed by atoms with Gasteiger partial charge in [0.2, 0.25) is 0 Å². The molecule has 168 valence electrons. The Morgan fingerprint density at radius 3 is 2.83 bits per heavy atom. The zero-order valence-corrected chi connectivity index (χ0v) is 19.2. The van der Waals surface area contributed by atoms with Crippen molar-refractivity contribution >= 4 is 21.6 Å². The highest BCUT2D eigenvalue weighted by atomic mass is 32.1. The summed E-state index contributed by atoms with van der Waals surface area (Å²) in [5.41, 5.74) is 1.17. The molecule has 2 aromatic rings. The number of nitrogens with one attached hydrogen (secondary N) is 1. The van der Waals surface area contributed by atoms with Crippen molar-refractivity contribution in [2.45, 2.75) is 58.6 Å². The summed E-state index contributed by atoms with van der Waals surface area (Å²) in [6, 6.07) is 0. The summed E-state index contributed by atoms with van der Waals surface area (Å²) in [4.78, 5) is 24.9. The van der Waals surface area contributed by atoms with E-state index in [4.69, 9.17) is 14.5 Å². The largest absolute Gasteiger partial charge is 0.389 e. The van der Waals surface area contributed by atoms with Gasteiger partial charge < -0.3 is 19.6 Å². The van der Waals surface area contributed by atoms with Gasteiger partial charge in [0.05, 0.1) is 24.6 Å². The van der Waals surface area contributed by atoms with E-state index in [0.29, 0.717) is 44.7 Å². The van der Waals surface area contributed by atoms with Crippen molar-refractivity contribution in [2.75, 3.05) is 40.0 Å². The molecule has 30 heavy (non-hydrogen) atoms. The maximum Gasteiger partial charge on any atom is 0.259 e. The van der Waals surface area contributed by atoms with Crippen molar-refractivity contribution in [3.63, 3.8) is 0 Å². The van der Waals surface area contributed by atoms with Crippen LogP contribution in [0.25, 0.3) is 10.2 Å². The monoisotopic (exact) mass is 437 g/mol. The summed E-state index contributed by atoms with van der Waals surface area (Å²) in [6.45, 7) is 7.46. The predicted molar refractivity (Wildman–Crippen MR) is 120 cm³/mol. The Bertz CT molecular complexity index is 864. The fourth-order valence-corrected chi connectivity index (χ4v) is 5.23. The molecule has 0 aliphatic heterocycles. The summed E-state index contributed by atoms with van der Waals surface area (Å²) in [7, 11) is 1.68. The molecule has 0 aromatic carbocycles. The number of H-pyrrole nitrogens is 1. The minimum absolute atomic E-state index is 0.0351. The quantitative estimate of drug-likeness (QED) is 0.497. The van der Waals surface area contributed by atoms with Crippen molar-refractivity contribution < 1.29 is 14.6 Å². The average Bonchev–Trinajstić information content (AvgIpc) is 3.06. The number of aryl methyl sites for hydroxylation is 2. The fourth-order valence-electron chi connectivity index (χ4n) is 3.95. The smallest absolute Gasteiger partial charge is 0.259 e. The number of rotatable bonds is 12. The molecule has 0 spiro atoms. The number of aromatic nitrogens is 2. The van der Waals surface area contributed by atoms with E-state index in [2.05, 4.69) is 23.7 Å². The second-order valence-corrected chi connectivity index (χ2v) is 9.65. The second-order valence-electron chi connectivity index (χ2n) is 8.57. The number of aliphatic hydroxyl groups excluding tert-OH is 1. The molecule has 1 aliphatic rings. The summed E-state index contributed by atoms with van der Waals surface area (Å²) in [6.07, 6.45) is 4.62. The molecule has 1 aliphatic carbocycles. The van der Waals surface area contributed by atoms with Gasteiger partial charge in [-0.2, -0.15) is 0 Å². The van der Waals surface area contributed by atoms with Gasteiger partial charge >= 0.3 is 0 Å². The molecule has 7 nitrogen and oxygen atoms in total. The summed E-state index contributed by atoms with van der Waals surface area (Å²) < 4.78 is 10.8. The highest BCUT2D eigenvalue weighted by Gasteiger charge is 2.21. The van der Waals surface area contributed by atoms with E-state index in [1.165, 1.54) is 16.9 Å². The van der Waals surface area contributed by atoms with E-state index in [1.807, 2.05) is 0 Å². The number of aliphatic hydroxyl groups is 1. The first kappa shape index (κ1) is 23.3. The number of aromatic amines is 1. The van der Waals surface area contributed by atoms with Gasteiger partial charge in [0.15, 0.2) is 0 Å². The molecular weight excluding hydrogens is 402 g/mol.